The van der Waals surface area contributed by atoms with E-state index in [4.69, 9.17) is 25.8 Å². The number of hydrogen-bond donors (Lipinski definition) is 0. The molecule has 0 saturated carbocycles. The molecule has 2 aromatic rings. The average Bonchev–Trinajstić information content (AvgIpc) is 2.97. The first-order valence-corrected chi connectivity index (χ1v) is 8.49. The van der Waals surface area contributed by atoms with Crippen molar-refractivity contribution < 1.29 is 28.6 Å². The lowest BCUT2D eigenvalue weighted by Crippen LogP contribution is -2.07. The fourth-order valence-corrected chi connectivity index (χ4v) is 2.62. The molecule has 0 atom stereocenters. The summed E-state index contributed by atoms with van der Waals surface area (Å²) < 4.78 is 15.3. The smallest absolute Gasteiger partial charge is 0.363 e. The number of ether oxygens (including phenoxy) is 3. The van der Waals surface area contributed by atoms with Crippen LogP contribution in [0.1, 0.15) is 25.0 Å². The highest BCUT2D eigenvalue weighted by Gasteiger charge is 2.25. The first kappa shape index (κ1) is 19.3. The van der Waals surface area contributed by atoms with E-state index in [1.807, 2.05) is 0 Å². The van der Waals surface area contributed by atoms with Crippen LogP contribution in [0.2, 0.25) is 5.02 Å². The van der Waals surface area contributed by atoms with Crippen LogP contribution in [0.5, 0.6) is 11.5 Å². The summed E-state index contributed by atoms with van der Waals surface area (Å²) in [4.78, 5) is 38.8. The zero-order valence-corrected chi connectivity index (χ0v) is 15.6. The standard InChI is InChI=1S/C20H14ClNO6/c1-11(23)26-17-8-7-13(10-18(17)27-12(2)24)9-16-20(25)28-19(22-16)14-5-3-4-6-15(14)21/h3-10H,1-2H3. The van der Waals surface area contributed by atoms with Crippen molar-refractivity contribution in [2.75, 3.05) is 0 Å². The highest BCUT2D eigenvalue weighted by molar-refractivity contribution is 6.34. The van der Waals surface area contributed by atoms with E-state index in [0.717, 1.165) is 0 Å². The van der Waals surface area contributed by atoms with E-state index < -0.39 is 17.9 Å². The molecule has 0 radical (unpaired) electrons. The molecule has 0 fully saturated rings. The molecular formula is C20H14ClNO6. The monoisotopic (exact) mass is 399 g/mol. The molecule has 1 aliphatic rings. The van der Waals surface area contributed by atoms with Crippen LogP contribution in [0.3, 0.4) is 0 Å². The van der Waals surface area contributed by atoms with Crippen molar-refractivity contribution >= 4 is 41.5 Å². The Bertz CT molecular complexity index is 1040. The summed E-state index contributed by atoms with van der Waals surface area (Å²) in [6.07, 6.45) is 1.46. The minimum atomic E-state index is -0.645. The third kappa shape index (κ3) is 4.44. The normalized spacial score (nSPS) is 14.5. The van der Waals surface area contributed by atoms with Crippen LogP contribution in [0, 0.1) is 0 Å². The number of esters is 3. The zero-order chi connectivity index (χ0) is 20.3. The first-order chi connectivity index (χ1) is 13.3. The van der Waals surface area contributed by atoms with Crippen LogP contribution in [0.25, 0.3) is 6.08 Å². The number of nitrogens with zero attached hydrogens (tertiary/aromatic N) is 1. The van der Waals surface area contributed by atoms with E-state index in [1.165, 1.54) is 32.1 Å². The van der Waals surface area contributed by atoms with E-state index >= 15 is 0 Å². The Morgan fingerprint density at radius 1 is 1.04 bits per heavy atom. The summed E-state index contributed by atoms with van der Waals surface area (Å²) in [6, 6.07) is 11.3. The van der Waals surface area contributed by atoms with E-state index in [0.29, 0.717) is 16.1 Å². The minimum absolute atomic E-state index is 0.0405. The molecule has 8 heteroatoms. The molecule has 0 aromatic heterocycles. The van der Waals surface area contributed by atoms with Crippen LogP contribution in [-0.4, -0.2) is 23.8 Å². The number of rotatable bonds is 4. The van der Waals surface area contributed by atoms with Crippen LogP contribution in [0.15, 0.2) is 53.2 Å². The molecular weight excluding hydrogens is 386 g/mol. The van der Waals surface area contributed by atoms with Crippen molar-refractivity contribution in [2.24, 2.45) is 4.99 Å². The molecule has 28 heavy (non-hydrogen) atoms. The molecule has 0 amide bonds. The fraction of sp³-hybridized carbons (Fsp3) is 0.100. The zero-order valence-electron chi connectivity index (χ0n) is 14.9. The Hall–Kier alpha value is -3.45. The molecule has 0 spiro atoms. The molecule has 3 rings (SSSR count). The van der Waals surface area contributed by atoms with Gasteiger partial charge in [0.1, 0.15) is 0 Å². The second-order valence-electron chi connectivity index (χ2n) is 5.71. The summed E-state index contributed by atoms with van der Waals surface area (Å²) in [5.74, 6) is -1.57. The number of hydrogen-bond acceptors (Lipinski definition) is 7. The van der Waals surface area contributed by atoms with Gasteiger partial charge >= 0.3 is 17.9 Å². The van der Waals surface area contributed by atoms with Gasteiger partial charge in [0.05, 0.1) is 10.6 Å². The van der Waals surface area contributed by atoms with Crippen LogP contribution >= 0.6 is 11.6 Å². The van der Waals surface area contributed by atoms with Gasteiger partial charge in [-0.2, -0.15) is 0 Å². The number of carbonyl (C=O) groups excluding carboxylic acids is 3. The van der Waals surface area contributed by atoms with Crippen molar-refractivity contribution in [1.82, 2.24) is 0 Å². The number of aliphatic imine (C=N–C) groups is 1. The molecule has 1 heterocycles. The van der Waals surface area contributed by atoms with Gasteiger partial charge in [-0.1, -0.05) is 29.8 Å². The highest BCUT2D eigenvalue weighted by atomic mass is 35.5. The van der Waals surface area contributed by atoms with Crippen LogP contribution < -0.4 is 9.47 Å². The van der Waals surface area contributed by atoms with Crippen molar-refractivity contribution in [2.45, 2.75) is 13.8 Å². The Balaban J connectivity index is 1.96. The Kier molecular flexibility index (Phi) is 5.56. The summed E-state index contributed by atoms with van der Waals surface area (Å²) in [7, 11) is 0. The number of halogens is 1. The summed E-state index contributed by atoms with van der Waals surface area (Å²) in [6.45, 7) is 2.45. The lowest BCUT2D eigenvalue weighted by molar-refractivity contribution is -0.134. The molecule has 0 bridgehead atoms. The second kappa shape index (κ2) is 8.06. The maximum absolute atomic E-state index is 12.1. The summed E-state index contributed by atoms with van der Waals surface area (Å²) in [5, 5.41) is 0.401. The third-order valence-corrected chi connectivity index (χ3v) is 3.83. The maximum Gasteiger partial charge on any atom is 0.363 e. The summed E-state index contributed by atoms with van der Waals surface area (Å²) >= 11 is 6.11. The largest absolute Gasteiger partial charge is 0.423 e. The van der Waals surface area contributed by atoms with Gasteiger partial charge in [0, 0.05) is 13.8 Å². The number of carbonyl (C=O) groups is 3. The molecule has 0 saturated heterocycles. The van der Waals surface area contributed by atoms with Gasteiger partial charge in [0.25, 0.3) is 0 Å². The van der Waals surface area contributed by atoms with Crippen molar-refractivity contribution in [3.05, 3.63) is 64.3 Å². The minimum Gasteiger partial charge on any atom is -0.423 e. The van der Waals surface area contributed by atoms with Gasteiger partial charge in [-0.3, -0.25) is 9.59 Å². The lowest BCUT2D eigenvalue weighted by atomic mass is 10.1. The van der Waals surface area contributed by atoms with Crippen molar-refractivity contribution in [1.29, 1.82) is 0 Å². The van der Waals surface area contributed by atoms with Gasteiger partial charge in [0.15, 0.2) is 17.2 Å². The van der Waals surface area contributed by atoms with Gasteiger partial charge < -0.3 is 14.2 Å². The predicted molar refractivity (Wildman–Crippen MR) is 101 cm³/mol. The molecule has 7 nitrogen and oxygen atoms in total. The van der Waals surface area contributed by atoms with Crippen molar-refractivity contribution in [3.63, 3.8) is 0 Å². The average molecular weight is 400 g/mol. The molecule has 1 aliphatic heterocycles. The first-order valence-electron chi connectivity index (χ1n) is 8.12. The van der Waals surface area contributed by atoms with Crippen molar-refractivity contribution in [3.8, 4) is 11.5 Å². The predicted octanol–water partition coefficient (Wildman–Crippen LogP) is 3.54. The van der Waals surface area contributed by atoms with Gasteiger partial charge in [-0.25, -0.2) is 9.79 Å². The lowest BCUT2D eigenvalue weighted by Gasteiger charge is -2.09. The topological polar surface area (TPSA) is 91.3 Å². The van der Waals surface area contributed by atoms with E-state index in [1.54, 1.807) is 30.3 Å². The van der Waals surface area contributed by atoms with E-state index in [2.05, 4.69) is 4.99 Å². The third-order valence-electron chi connectivity index (χ3n) is 3.50. The molecule has 0 N–H and O–H groups in total. The van der Waals surface area contributed by atoms with E-state index in [9.17, 15) is 14.4 Å². The Morgan fingerprint density at radius 2 is 1.71 bits per heavy atom. The molecule has 142 valence electrons. The molecule has 2 aromatic carbocycles. The van der Waals surface area contributed by atoms with Crippen LogP contribution in [-0.2, 0) is 19.1 Å². The van der Waals surface area contributed by atoms with Gasteiger partial charge in [-0.05, 0) is 35.9 Å². The van der Waals surface area contributed by atoms with Crippen LogP contribution in [0.4, 0.5) is 0 Å². The SMILES string of the molecule is CC(=O)Oc1ccc(C=C2N=C(c3ccccc3Cl)OC2=O)cc1OC(C)=O. The number of benzene rings is 2. The van der Waals surface area contributed by atoms with E-state index in [-0.39, 0.29) is 23.1 Å². The highest BCUT2D eigenvalue weighted by Crippen LogP contribution is 2.31. The molecule has 0 aliphatic carbocycles. The maximum atomic E-state index is 12.1. The summed E-state index contributed by atoms with van der Waals surface area (Å²) in [5.41, 5.74) is 1.03. The van der Waals surface area contributed by atoms with Gasteiger partial charge in [0.2, 0.25) is 5.90 Å². The fourth-order valence-electron chi connectivity index (χ4n) is 2.41. The quantitative estimate of drug-likeness (QED) is 0.443. The second-order valence-corrected chi connectivity index (χ2v) is 6.12. The molecule has 0 unspecified atom stereocenters. The number of cyclic esters (lactones) is 1. The Labute approximate surface area is 165 Å². The van der Waals surface area contributed by atoms with Gasteiger partial charge in [-0.15, -0.1) is 0 Å². The Morgan fingerprint density at radius 3 is 2.39 bits per heavy atom.